The number of anilines is 1. The molecule has 1 heterocycles. The lowest BCUT2D eigenvalue weighted by molar-refractivity contribution is -0.122. The van der Waals surface area contributed by atoms with Crippen molar-refractivity contribution in [3.05, 3.63) is 57.2 Å². The van der Waals surface area contributed by atoms with Gasteiger partial charge < -0.3 is 9.84 Å². The van der Waals surface area contributed by atoms with Gasteiger partial charge >= 0.3 is 6.03 Å². The Morgan fingerprint density at radius 3 is 2.67 bits per heavy atom. The zero-order valence-corrected chi connectivity index (χ0v) is 16.4. The van der Waals surface area contributed by atoms with Crippen LogP contribution in [0.5, 0.6) is 11.5 Å². The molecule has 2 aromatic rings. The highest BCUT2D eigenvalue weighted by Gasteiger charge is 2.36. The second-order valence-corrected chi connectivity index (χ2v) is 6.76. The monoisotopic (exact) mass is 478 g/mol. The first-order valence-electron chi connectivity index (χ1n) is 8.03. The highest BCUT2D eigenvalue weighted by Crippen LogP contribution is 2.26. The van der Waals surface area contributed by atoms with Gasteiger partial charge in [0, 0.05) is 6.07 Å². The fraction of sp³-hybridized carbons (Fsp3) is 0.105. The first kappa shape index (κ1) is 18.9. The lowest BCUT2D eigenvalue weighted by Gasteiger charge is -2.26. The van der Waals surface area contributed by atoms with Gasteiger partial charge in [0.2, 0.25) is 0 Å². The molecule has 0 aliphatic carbocycles. The number of phenolic OH excluding ortho intramolecular Hbond substituents is 1. The minimum absolute atomic E-state index is 0.0988. The Labute approximate surface area is 168 Å². The van der Waals surface area contributed by atoms with E-state index in [1.54, 1.807) is 36.4 Å². The molecule has 2 aromatic carbocycles. The lowest BCUT2D eigenvalue weighted by atomic mass is 10.1. The number of urea groups is 1. The van der Waals surface area contributed by atoms with E-state index in [4.69, 9.17) is 4.74 Å². The van der Waals surface area contributed by atoms with E-state index in [-0.39, 0.29) is 11.3 Å². The van der Waals surface area contributed by atoms with Gasteiger partial charge in [-0.25, -0.2) is 9.69 Å². The molecule has 8 heteroatoms. The van der Waals surface area contributed by atoms with Crippen molar-refractivity contribution >= 4 is 52.2 Å². The molecule has 3 rings (SSSR count). The first-order valence-corrected chi connectivity index (χ1v) is 9.11. The molecule has 2 N–H and O–H groups in total. The minimum Gasteiger partial charge on any atom is -0.507 e. The number of nitrogens with one attached hydrogen (secondary N) is 1. The molecule has 0 atom stereocenters. The van der Waals surface area contributed by atoms with Gasteiger partial charge in [-0.1, -0.05) is 12.1 Å². The number of rotatable bonds is 4. The lowest BCUT2D eigenvalue weighted by Crippen LogP contribution is -2.54. The van der Waals surface area contributed by atoms with Crippen LogP contribution in [0.1, 0.15) is 12.5 Å². The summed E-state index contributed by atoms with van der Waals surface area (Å²) in [5.74, 6) is -0.904. The summed E-state index contributed by atoms with van der Waals surface area (Å²) in [6, 6.07) is 10.3. The summed E-state index contributed by atoms with van der Waals surface area (Å²) in [6.45, 7) is 2.26. The number of benzene rings is 2. The van der Waals surface area contributed by atoms with E-state index in [9.17, 15) is 19.5 Å². The highest BCUT2D eigenvalue weighted by atomic mass is 127. The van der Waals surface area contributed by atoms with Crippen LogP contribution in [-0.4, -0.2) is 29.6 Å². The molecule has 138 valence electrons. The van der Waals surface area contributed by atoms with E-state index in [2.05, 4.69) is 5.32 Å². The van der Waals surface area contributed by atoms with Crippen LogP contribution in [0.3, 0.4) is 0 Å². The number of hydrogen-bond acceptors (Lipinski definition) is 5. The van der Waals surface area contributed by atoms with Crippen LogP contribution in [0, 0.1) is 3.57 Å². The third-order valence-electron chi connectivity index (χ3n) is 3.77. The van der Waals surface area contributed by atoms with E-state index in [0.717, 1.165) is 4.90 Å². The summed E-state index contributed by atoms with van der Waals surface area (Å²) in [5, 5.41) is 11.8. The molecule has 0 aromatic heterocycles. The predicted octanol–water partition coefficient (Wildman–Crippen LogP) is 3.06. The average molecular weight is 478 g/mol. The van der Waals surface area contributed by atoms with E-state index in [1.165, 1.54) is 12.1 Å². The maximum absolute atomic E-state index is 12.9. The maximum atomic E-state index is 12.9. The Hall–Kier alpha value is -2.88. The van der Waals surface area contributed by atoms with Crippen molar-refractivity contribution in [2.24, 2.45) is 0 Å². The summed E-state index contributed by atoms with van der Waals surface area (Å²) < 4.78 is 5.97. The zero-order chi connectivity index (χ0) is 19.6. The van der Waals surface area contributed by atoms with Crippen molar-refractivity contribution in [2.75, 3.05) is 11.5 Å². The molecule has 4 amide bonds. The first-order chi connectivity index (χ1) is 12.9. The number of imide groups is 2. The van der Waals surface area contributed by atoms with Crippen molar-refractivity contribution in [3.8, 4) is 11.5 Å². The molecule has 1 aliphatic heterocycles. The molecule has 1 aliphatic rings. The molecule has 0 unspecified atom stereocenters. The average Bonchev–Trinajstić information content (AvgIpc) is 2.62. The summed E-state index contributed by atoms with van der Waals surface area (Å²) in [5.41, 5.74) is 0.660. The molecule has 1 fully saturated rings. The van der Waals surface area contributed by atoms with Gasteiger partial charge in [0.15, 0.2) is 0 Å². The van der Waals surface area contributed by atoms with Crippen molar-refractivity contribution in [3.63, 3.8) is 0 Å². The number of halogens is 1. The third-order valence-corrected chi connectivity index (χ3v) is 4.64. The van der Waals surface area contributed by atoms with E-state index >= 15 is 0 Å². The Morgan fingerprint density at radius 1 is 1.19 bits per heavy atom. The third kappa shape index (κ3) is 3.95. The van der Waals surface area contributed by atoms with Crippen molar-refractivity contribution in [2.45, 2.75) is 6.92 Å². The summed E-state index contributed by atoms with van der Waals surface area (Å²) in [6.07, 6.45) is 1.38. The summed E-state index contributed by atoms with van der Waals surface area (Å²) in [7, 11) is 0. The number of phenols is 1. The molecule has 0 spiro atoms. The van der Waals surface area contributed by atoms with Gasteiger partial charge in [-0.2, -0.15) is 0 Å². The van der Waals surface area contributed by atoms with Crippen molar-refractivity contribution in [1.82, 2.24) is 5.32 Å². The van der Waals surface area contributed by atoms with Crippen LogP contribution in [0.2, 0.25) is 0 Å². The highest BCUT2D eigenvalue weighted by molar-refractivity contribution is 14.1. The predicted molar refractivity (Wildman–Crippen MR) is 107 cm³/mol. The van der Waals surface area contributed by atoms with Crippen LogP contribution < -0.4 is 15.0 Å². The van der Waals surface area contributed by atoms with Crippen molar-refractivity contribution in [1.29, 1.82) is 0 Å². The Morgan fingerprint density at radius 2 is 1.96 bits per heavy atom. The zero-order valence-electron chi connectivity index (χ0n) is 14.2. The number of carbonyl (C=O) groups is 3. The maximum Gasteiger partial charge on any atom is 0.335 e. The van der Waals surface area contributed by atoms with Gasteiger partial charge in [-0.15, -0.1) is 0 Å². The number of hydrogen-bond donors (Lipinski definition) is 2. The van der Waals surface area contributed by atoms with Crippen LogP contribution in [-0.2, 0) is 9.59 Å². The second-order valence-electron chi connectivity index (χ2n) is 5.60. The smallest absolute Gasteiger partial charge is 0.335 e. The Kier molecular flexibility index (Phi) is 5.45. The normalized spacial score (nSPS) is 15.9. The van der Waals surface area contributed by atoms with Crippen molar-refractivity contribution < 1.29 is 24.2 Å². The quantitative estimate of drug-likeness (QED) is 0.400. The van der Waals surface area contributed by atoms with Gasteiger partial charge in [0.1, 0.15) is 17.1 Å². The molecular weight excluding hydrogens is 463 g/mol. The summed E-state index contributed by atoms with van der Waals surface area (Å²) in [4.78, 5) is 38.2. The number of aromatic hydroxyl groups is 1. The van der Waals surface area contributed by atoms with Gasteiger partial charge in [-0.3, -0.25) is 14.9 Å². The van der Waals surface area contributed by atoms with E-state index < -0.39 is 17.8 Å². The standard InChI is InChI=1S/C19H15IN2O5/c1-2-27-13-5-3-4-12(10-13)22-18(25)14(17(24)21-19(22)26)8-11-6-7-16(23)15(20)9-11/h3-10,23H,2H2,1H3,(H,21,24,26)/b14-8+. The molecule has 1 saturated heterocycles. The van der Waals surface area contributed by atoms with Gasteiger partial charge in [0.05, 0.1) is 15.9 Å². The van der Waals surface area contributed by atoms with Gasteiger partial charge in [-0.05, 0) is 65.4 Å². The van der Waals surface area contributed by atoms with Crippen LogP contribution >= 0.6 is 22.6 Å². The molecule has 0 radical (unpaired) electrons. The number of nitrogens with zero attached hydrogens (tertiary/aromatic N) is 1. The fourth-order valence-electron chi connectivity index (χ4n) is 2.55. The second kappa shape index (κ2) is 7.78. The number of barbiturate groups is 1. The van der Waals surface area contributed by atoms with Crippen LogP contribution in [0.25, 0.3) is 6.08 Å². The Balaban J connectivity index is 1.99. The molecular formula is C19H15IN2O5. The topological polar surface area (TPSA) is 95.9 Å². The van der Waals surface area contributed by atoms with Crippen LogP contribution in [0.15, 0.2) is 48.0 Å². The summed E-state index contributed by atoms with van der Waals surface area (Å²) >= 11 is 1.94. The molecule has 27 heavy (non-hydrogen) atoms. The molecule has 0 saturated carbocycles. The Bertz CT molecular complexity index is 970. The fourth-order valence-corrected chi connectivity index (χ4v) is 3.09. The number of carbonyl (C=O) groups excluding carboxylic acids is 3. The number of ether oxygens (including phenoxy) is 1. The van der Waals surface area contributed by atoms with E-state index in [0.29, 0.717) is 27.2 Å². The molecule has 7 nitrogen and oxygen atoms in total. The van der Waals surface area contributed by atoms with Gasteiger partial charge in [0.25, 0.3) is 11.8 Å². The minimum atomic E-state index is -0.823. The largest absolute Gasteiger partial charge is 0.507 e. The SMILES string of the molecule is CCOc1cccc(N2C(=O)NC(=O)/C(=C\c3ccc(O)c(I)c3)C2=O)c1. The van der Waals surface area contributed by atoms with E-state index in [1.807, 2.05) is 29.5 Å². The number of amides is 4. The van der Waals surface area contributed by atoms with Crippen LogP contribution in [0.4, 0.5) is 10.5 Å². The molecule has 0 bridgehead atoms.